The molecule has 14 heavy (non-hydrogen) atoms. The van der Waals surface area contributed by atoms with E-state index in [0.717, 1.165) is 0 Å². The maximum atomic E-state index is 11.1. The molecule has 0 aliphatic rings. The molecule has 1 unspecified atom stereocenters. The van der Waals surface area contributed by atoms with Gasteiger partial charge >= 0.3 is 0 Å². The predicted octanol–water partition coefficient (Wildman–Crippen LogP) is -0.602. The third-order valence-electron chi connectivity index (χ3n) is 1.58. The average molecular weight is 220 g/mol. The molecule has 3 N–H and O–H groups in total. The molecule has 0 aromatic heterocycles. The summed E-state index contributed by atoms with van der Waals surface area (Å²) in [6, 6.07) is 0. The molecule has 1 amide bonds. The maximum absolute atomic E-state index is 11.1. The van der Waals surface area contributed by atoms with E-state index in [9.17, 15) is 13.2 Å². The van der Waals surface area contributed by atoms with Crippen LogP contribution >= 0.6 is 0 Å². The van der Waals surface area contributed by atoms with Gasteiger partial charge in [-0.2, -0.15) is 0 Å². The minimum atomic E-state index is -3.16. The summed E-state index contributed by atoms with van der Waals surface area (Å²) in [7, 11) is -3.16. The van der Waals surface area contributed by atoms with E-state index in [2.05, 4.69) is 11.9 Å². The van der Waals surface area contributed by atoms with E-state index in [4.69, 9.17) is 5.73 Å². The first kappa shape index (κ1) is 13.1. The molecule has 1 atom stereocenters. The zero-order chi connectivity index (χ0) is 11.4. The topological polar surface area (TPSA) is 89.3 Å². The molecular weight excluding hydrogens is 204 g/mol. The molecule has 0 radical (unpaired) electrons. The van der Waals surface area contributed by atoms with E-state index in [1.807, 2.05) is 0 Å². The Kier molecular flexibility index (Phi) is 4.79. The Bertz CT molecular complexity index is 321. The van der Waals surface area contributed by atoms with Crippen LogP contribution in [-0.4, -0.2) is 32.0 Å². The number of sulfone groups is 1. The molecule has 0 heterocycles. The van der Waals surface area contributed by atoms with Crippen molar-refractivity contribution in [2.75, 3.05) is 11.5 Å². The number of nitrogens with one attached hydrogen (secondary N) is 1. The minimum absolute atomic E-state index is 0.0175. The first-order valence-corrected chi connectivity index (χ1v) is 6.03. The molecule has 0 saturated carbocycles. The van der Waals surface area contributed by atoms with Crippen LogP contribution in [0.3, 0.4) is 0 Å². The van der Waals surface area contributed by atoms with Gasteiger partial charge in [0.1, 0.15) is 0 Å². The molecule has 0 bridgehead atoms. The number of hydrogen-bond acceptors (Lipinski definition) is 4. The van der Waals surface area contributed by atoms with Gasteiger partial charge in [0, 0.05) is 11.3 Å². The molecular formula is C8H16N2O3S. The van der Waals surface area contributed by atoms with E-state index in [1.54, 1.807) is 0 Å². The fraction of sp³-hybridized carbons (Fsp3) is 0.625. The molecule has 82 valence electrons. The van der Waals surface area contributed by atoms with Gasteiger partial charge in [-0.1, -0.05) is 13.5 Å². The van der Waals surface area contributed by atoms with Crippen molar-refractivity contribution < 1.29 is 13.2 Å². The Labute approximate surface area is 84.3 Å². The number of carbonyl (C=O) groups excluding carboxylic acids is 1. The van der Waals surface area contributed by atoms with Crippen molar-refractivity contribution in [1.29, 1.82) is 0 Å². The third kappa shape index (κ3) is 4.98. The second-order valence-electron chi connectivity index (χ2n) is 3.06. The normalized spacial score (nSPS) is 13.4. The summed E-state index contributed by atoms with van der Waals surface area (Å²) in [4.78, 5) is 11.0. The zero-order valence-corrected chi connectivity index (χ0v) is 9.23. The van der Waals surface area contributed by atoms with E-state index in [1.165, 1.54) is 13.8 Å². The second kappa shape index (κ2) is 5.11. The first-order chi connectivity index (χ1) is 6.28. The highest BCUT2D eigenvalue weighted by Gasteiger charge is 2.15. The molecule has 0 spiro atoms. The molecule has 5 nitrogen and oxygen atoms in total. The molecule has 0 saturated heterocycles. The van der Waals surface area contributed by atoms with Crippen molar-refractivity contribution in [3.63, 3.8) is 0 Å². The number of amides is 1. The third-order valence-corrected chi connectivity index (χ3v) is 3.32. The van der Waals surface area contributed by atoms with E-state index >= 15 is 0 Å². The van der Waals surface area contributed by atoms with Crippen LogP contribution in [0.1, 0.15) is 13.8 Å². The molecule has 0 aromatic carbocycles. The van der Waals surface area contributed by atoms with E-state index < -0.39 is 21.9 Å². The highest BCUT2D eigenvalue weighted by Crippen LogP contribution is 1.92. The van der Waals surface area contributed by atoms with Crippen LogP contribution in [-0.2, 0) is 14.6 Å². The monoisotopic (exact) mass is 220 g/mol. The van der Waals surface area contributed by atoms with Gasteiger partial charge in [-0.3, -0.25) is 4.79 Å². The molecule has 0 rings (SSSR count). The van der Waals surface area contributed by atoms with Crippen LogP contribution in [0, 0.1) is 0 Å². The Morgan fingerprint density at radius 3 is 2.43 bits per heavy atom. The quantitative estimate of drug-likeness (QED) is 0.478. The summed E-state index contributed by atoms with van der Waals surface area (Å²) in [5.74, 6) is -0.657. The predicted molar refractivity (Wildman–Crippen MR) is 55.3 cm³/mol. The smallest absolute Gasteiger partial charge is 0.247 e. The van der Waals surface area contributed by atoms with Gasteiger partial charge in [-0.25, -0.2) is 8.42 Å². The fourth-order valence-corrected chi connectivity index (χ4v) is 1.59. The standard InChI is InChI=1S/C8H16N2O3S/c1-4-14(12,13)5-7(9)10-8(11)6(2)3/h7H,2,4-5,9H2,1,3H3,(H,10,11). The number of hydrogen-bond donors (Lipinski definition) is 2. The largest absolute Gasteiger partial charge is 0.336 e. The molecule has 0 aliphatic heterocycles. The van der Waals surface area contributed by atoms with Gasteiger partial charge in [-0.05, 0) is 6.92 Å². The highest BCUT2D eigenvalue weighted by molar-refractivity contribution is 7.91. The van der Waals surface area contributed by atoms with E-state index in [0.29, 0.717) is 5.57 Å². The SMILES string of the molecule is C=C(C)C(=O)NC(N)CS(=O)(=O)CC. The fourth-order valence-electron chi connectivity index (χ4n) is 0.725. The Balaban J connectivity index is 4.19. The van der Waals surface area contributed by atoms with Crippen molar-refractivity contribution in [2.24, 2.45) is 5.73 Å². The molecule has 0 aromatic rings. The van der Waals surface area contributed by atoms with Crippen molar-refractivity contribution in [1.82, 2.24) is 5.32 Å². The Hall–Kier alpha value is -0.880. The van der Waals surface area contributed by atoms with Crippen molar-refractivity contribution in [2.45, 2.75) is 20.0 Å². The van der Waals surface area contributed by atoms with Crippen LogP contribution in [0.15, 0.2) is 12.2 Å². The van der Waals surface area contributed by atoms with Crippen LogP contribution < -0.4 is 11.1 Å². The van der Waals surface area contributed by atoms with E-state index in [-0.39, 0.29) is 11.5 Å². The van der Waals surface area contributed by atoms with Crippen LogP contribution in [0.5, 0.6) is 0 Å². The molecule has 0 fully saturated rings. The first-order valence-electron chi connectivity index (χ1n) is 4.21. The lowest BCUT2D eigenvalue weighted by atomic mass is 10.3. The Morgan fingerprint density at radius 2 is 2.07 bits per heavy atom. The minimum Gasteiger partial charge on any atom is -0.336 e. The number of rotatable bonds is 5. The molecule has 6 heteroatoms. The van der Waals surface area contributed by atoms with Gasteiger partial charge in [0.15, 0.2) is 9.84 Å². The number of carbonyl (C=O) groups is 1. The average Bonchev–Trinajstić information content (AvgIpc) is 2.02. The highest BCUT2D eigenvalue weighted by atomic mass is 32.2. The van der Waals surface area contributed by atoms with Crippen molar-refractivity contribution in [3.8, 4) is 0 Å². The second-order valence-corrected chi connectivity index (χ2v) is 5.46. The van der Waals surface area contributed by atoms with Crippen LogP contribution in [0.4, 0.5) is 0 Å². The van der Waals surface area contributed by atoms with Gasteiger partial charge < -0.3 is 11.1 Å². The summed E-state index contributed by atoms with van der Waals surface area (Å²) in [5, 5.41) is 2.33. The lowest BCUT2D eigenvalue weighted by Gasteiger charge is -2.13. The number of nitrogens with two attached hydrogens (primary N) is 1. The lowest BCUT2D eigenvalue weighted by Crippen LogP contribution is -2.46. The zero-order valence-electron chi connectivity index (χ0n) is 8.41. The summed E-state index contributed by atoms with van der Waals surface area (Å²) in [5.41, 5.74) is 5.72. The van der Waals surface area contributed by atoms with Crippen molar-refractivity contribution >= 4 is 15.7 Å². The van der Waals surface area contributed by atoms with Gasteiger partial charge in [0.05, 0.1) is 11.9 Å². The summed E-state index contributed by atoms with van der Waals surface area (Å²) in [6.07, 6.45) is -0.871. The van der Waals surface area contributed by atoms with Gasteiger partial charge in [0.25, 0.3) is 0 Å². The lowest BCUT2D eigenvalue weighted by molar-refractivity contribution is -0.117. The summed E-state index contributed by atoms with van der Waals surface area (Å²) in [6.45, 7) is 6.46. The van der Waals surface area contributed by atoms with Gasteiger partial charge in [-0.15, -0.1) is 0 Å². The van der Waals surface area contributed by atoms with Crippen molar-refractivity contribution in [3.05, 3.63) is 12.2 Å². The summed E-state index contributed by atoms with van der Waals surface area (Å²) < 4.78 is 22.2. The van der Waals surface area contributed by atoms with Crippen LogP contribution in [0.25, 0.3) is 0 Å². The Morgan fingerprint density at radius 1 is 1.57 bits per heavy atom. The maximum Gasteiger partial charge on any atom is 0.247 e. The molecule has 0 aliphatic carbocycles. The summed E-state index contributed by atoms with van der Waals surface area (Å²) >= 11 is 0. The van der Waals surface area contributed by atoms with Gasteiger partial charge in [0.2, 0.25) is 5.91 Å². The van der Waals surface area contributed by atoms with Crippen LogP contribution in [0.2, 0.25) is 0 Å².